The van der Waals surface area contributed by atoms with Crippen LogP contribution in [0.1, 0.15) is 11.1 Å². The van der Waals surface area contributed by atoms with E-state index in [0.29, 0.717) is 5.56 Å². The van der Waals surface area contributed by atoms with E-state index in [1.807, 2.05) is 0 Å². The van der Waals surface area contributed by atoms with Crippen LogP contribution in [0, 0.1) is 5.82 Å². The zero-order chi connectivity index (χ0) is 16.9. The largest absolute Gasteiger partial charge is 0.481 e. The quantitative estimate of drug-likeness (QED) is 0.853. The van der Waals surface area contributed by atoms with E-state index >= 15 is 0 Å². The fraction of sp³-hybridized carbons (Fsp3) is 0.188. The van der Waals surface area contributed by atoms with Crippen LogP contribution >= 0.6 is 0 Å². The molecule has 2 aromatic carbocycles. The molecule has 0 heterocycles. The Morgan fingerprint density at radius 2 is 1.70 bits per heavy atom. The lowest BCUT2D eigenvalue weighted by molar-refractivity contribution is -0.137. The molecule has 2 rings (SSSR count). The predicted octanol–water partition coefficient (Wildman–Crippen LogP) is 3.54. The third-order valence-electron chi connectivity index (χ3n) is 2.97. The van der Waals surface area contributed by atoms with Gasteiger partial charge in [-0.15, -0.1) is 0 Å². The SMILES string of the molecule is O=C(COc1ccccc1F)NCc1ccc(C(F)(F)F)cc1. The summed E-state index contributed by atoms with van der Waals surface area (Å²) in [5.41, 5.74) is -0.243. The van der Waals surface area contributed by atoms with Crippen molar-refractivity contribution in [1.29, 1.82) is 0 Å². The van der Waals surface area contributed by atoms with Gasteiger partial charge in [0.05, 0.1) is 5.56 Å². The number of benzene rings is 2. The minimum Gasteiger partial charge on any atom is -0.481 e. The van der Waals surface area contributed by atoms with E-state index in [-0.39, 0.29) is 18.9 Å². The fourth-order valence-corrected chi connectivity index (χ4v) is 1.77. The lowest BCUT2D eigenvalue weighted by Gasteiger charge is -2.09. The molecule has 0 atom stereocenters. The van der Waals surface area contributed by atoms with Crippen molar-refractivity contribution in [3.8, 4) is 5.75 Å². The number of rotatable bonds is 5. The van der Waals surface area contributed by atoms with Crippen molar-refractivity contribution in [2.24, 2.45) is 0 Å². The fourth-order valence-electron chi connectivity index (χ4n) is 1.77. The summed E-state index contributed by atoms with van der Waals surface area (Å²) >= 11 is 0. The Morgan fingerprint density at radius 1 is 1.04 bits per heavy atom. The first-order valence-corrected chi connectivity index (χ1v) is 6.66. The maximum absolute atomic E-state index is 13.3. The van der Waals surface area contributed by atoms with E-state index < -0.39 is 23.5 Å². The molecular formula is C16H13F4NO2. The number of hydrogen-bond donors (Lipinski definition) is 1. The molecule has 0 unspecified atom stereocenters. The number of para-hydroxylation sites is 1. The highest BCUT2D eigenvalue weighted by atomic mass is 19.4. The van der Waals surface area contributed by atoms with Crippen molar-refractivity contribution in [3.05, 3.63) is 65.5 Å². The van der Waals surface area contributed by atoms with Crippen LogP contribution < -0.4 is 10.1 Å². The zero-order valence-electron chi connectivity index (χ0n) is 11.9. The molecule has 0 spiro atoms. The van der Waals surface area contributed by atoms with Gasteiger partial charge in [-0.3, -0.25) is 4.79 Å². The maximum Gasteiger partial charge on any atom is 0.416 e. The molecule has 3 nitrogen and oxygen atoms in total. The summed E-state index contributed by atoms with van der Waals surface area (Å²) in [6.45, 7) is -0.334. The first-order valence-electron chi connectivity index (χ1n) is 6.66. The van der Waals surface area contributed by atoms with Crippen LogP contribution in [0.2, 0.25) is 0 Å². The van der Waals surface area contributed by atoms with Gasteiger partial charge in [0.1, 0.15) is 0 Å². The van der Waals surface area contributed by atoms with Gasteiger partial charge in [-0.2, -0.15) is 13.2 Å². The summed E-state index contributed by atoms with van der Waals surface area (Å²) in [5.74, 6) is -1.13. The van der Waals surface area contributed by atoms with Gasteiger partial charge in [0.15, 0.2) is 18.2 Å². The number of alkyl halides is 3. The Hall–Kier alpha value is -2.57. The first kappa shape index (κ1) is 16.8. The monoisotopic (exact) mass is 327 g/mol. The highest BCUT2D eigenvalue weighted by Gasteiger charge is 2.29. The number of carbonyl (C=O) groups excluding carboxylic acids is 1. The van der Waals surface area contributed by atoms with E-state index in [2.05, 4.69) is 5.32 Å². The molecule has 0 saturated heterocycles. The van der Waals surface area contributed by atoms with Crippen LogP contribution in [0.3, 0.4) is 0 Å². The van der Waals surface area contributed by atoms with Gasteiger partial charge >= 0.3 is 6.18 Å². The van der Waals surface area contributed by atoms with Crippen LogP contribution in [-0.2, 0) is 17.5 Å². The summed E-state index contributed by atoms with van der Waals surface area (Å²) in [4.78, 5) is 11.6. The van der Waals surface area contributed by atoms with E-state index in [9.17, 15) is 22.4 Å². The first-order chi connectivity index (χ1) is 10.9. The van der Waals surface area contributed by atoms with Gasteiger partial charge in [-0.25, -0.2) is 4.39 Å². The minimum absolute atomic E-state index is 0.0443. The third-order valence-corrected chi connectivity index (χ3v) is 2.97. The van der Waals surface area contributed by atoms with Gasteiger partial charge in [0.25, 0.3) is 5.91 Å². The predicted molar refractivity (Wildman–Crippen MR) is 75.2 cm³/mol. The maximum atomic E-state index is 13.3. The standard InChI is InChI=1S/C16H13F4NO2/c17-13-3-1-2-4-14(13)23-10-15(22)21-9-11-5-7-12(8-6-11)16(18,19)20/h1-8H,9-10H2,(H,21,22). The molecule has 0 fully saturated rings. The average molecular weight is 327 g/mol. The van der Waals surface area contributed by atoms with Crippen LogP contribution in [0.15, 0.2) is 48.5 Å². The summed E-state index contributed by atoms with van der Waals surface area (Å²) in [5, 5.41) is 2.48. The van der Waals surface area contributed by atoms with E-state index in [1.54, 1.807) is 6.07 Å². The summed E-state index contributed by atoms with van der Waals surface area (Å²) in [6.07, 6.45) is -4.39. The van der Waals surface area contributed by atoms with Gasteiger partial charge in [0.2, 0.25) is 0 Å². The van der Waals surface area contributed by atoms with Crippen molar-refractivity contribution in [2.45, 2.75) is 12.7 Å². The second kappa shape index (κ2) is 7.13. The molecule has 7 heteroatoms. The molecule has 2 aromatic rings. The molecular weight excluding hydrogens is 314 g/mol. The number of halogens is 4. The van der Waals surface area contributed by atoms with Gasteiger partial charge in [-0.05, 0) is 29.8 Å². The van der Waals surface area contributed by atoms with Crippen molar-refractivity contribution >= 4 is 5.91 Å². The lowest BCUT2D eigenvalue weighted by atomic mass is 10.1. The number of carbonyl (C=O) groups is 1. The number of hydrogen-bond acceptors (Lipinski definition) is 2. The molecule has 23 heavy (non-hydrogen) atoms. The normalized spacial score (nSPS) is 11.1. The lowest BCUT2D eigenvalue weighted by Crippen LogP contribution is -2.28. The molecule has 1 N–H and O–H groups in total. The van der Waals surface area contributed by atoms with Crippen LogP contribution in [0.25, 0.3) is 0 Å². The Bertz CT molecular complexity index is 669. The topological polar surface area (TPSA) is 38.3 Å². The Morgan fingerprint density at radius 3 is 2.30 bits per heavy atom. The molecule has 1 amide bonds. The van der Waals surface area contributed by atoms with Gasteiger partial charge in [-0.1, -0.05) is 24.3 Å². The van der Waals surface area contributed by atoms with Crippen LogP contribution in [0.4, 0.5) is 17.6 Å². The van der Waals surface area contributed by atoms with Gasteiger partial charge < -0.3 is 10.1 Å². The van der Waals surface area contributed by atoms with Crippen LogP contribution in [-0.4, -0.2) is 12.5 Å². The average Bonchev–Trinajstić information content (AvgIpc) is 2.51. The Kier molecular flexibility index (Phi) is 5.20. The van der Waals surface area contributed by atoms with E-state index in [4.69, 9.17) is 4.74 Å². The summed E-state index contributed by atoms with van der Waals surface area (Å²) in [7, 11) is 0. The highest BCUT2D eigenvalue weighted by Crippen LogP contribution is 2.29. The number of ether oxygens (including phenoxy) is 1. The van der Waals surface area contributed by atoms with Crippen molar-refractivity contribution in [1.82, 2.24) is 5.32 Å². The smallest absolute Gasteiger partial charge is 0.416 e. The van der Waals surface area contributed by atoms with Crippen molar-refractivity contribution < 1.29 is 27.1 Å². The second-order valence-electron chi connectivity index (χ2n) is 4.69. The molecule has 122 valence electrons. The van der Waals surface area contributed by atoms with E-state index in [1.165, 1.54) is 30.3 Å². The molecule has 0 aliphatic rings. The summed E-state index contributed by atoms with van der Waals surface area (Å²) in [6, 6.07) is 10.1. The molecule has 0 aliphatic carbocycles. The Labute approximate surface area is 129 Å². The third kappa shape index (κ3) is 4.98. The van der Waals surface area contributed by atoms with E-state index in [0.717, 1.165) is 12.1 Å². The second-order valence-corrected chi connectivity index (χ2v) is 4.69. The molecule has 0 aliphatic heterocycles. The molecule has 0 aromatic heterocycles. The minimum atomic E-state index is -4.39. The van der Waals surface area contributed by atoms with Crippen LogP contribution in [0.5, 0.6) is 5.75 Å². The van der Waals surface area contributed by atoms with Gasteiger partial charge in [0, 0.05) is 6.54 Å². The summed E-state index contributed by atoms with van der Waals surface area (Å²) < 4.78 is 55.5. The number of amides is 1. The zero-order valence-corrected chi connectivity index (χ0v) is 11.9. The molecule has 0 radical (unpaired) electrons. The van der Waals surface area contributed by atoms with Crippen molar-refractivity contribution in [3.63, 3.8) is 0 Å². The highest BCUT2D eigenvalue weighted by molar-refractivity contribution is 5.77. The molecule has 0 bridgehead atoms. The van der Waals surface area contributed by atoms with Crippen molar-refractivity contribution in [2.75, 3.05) is 6.61 Å². The molecule has 0 saturated carbocycles. The Balaban J connectivity index is 1.81. The number of nitrogens with one attached hydrogen (secondary N) is 1.